The van der Waals surface area contributed by atoms with Crippen molar-refractivity contribution in [3.05, 3.63) is 59.7 Å². The number of fused-ring (bicyclic) bond motifs is 3. The van der Waals surface area contributed by atoms with Gasteiger partial charge in [0.15, 0.2) is 0 Å². The number of ether oxygens (including phenoxy) is 1. The van der Waals surface area contributed by atoms with Crippen LogP contribution >= 0.6 is 0 Å². The number of aliphatic carboxylic acids is 1. The minimum atomic E-state index is -1.28. The first-order chi connectivity index (χ1) is 15.0. The second-order valence-electron chi connectivity index (χ2n) is 7.26. The van der Waals surface area contributed by atoms with Crippen LogP contribution in [-0.2, 0) is 14.3 Å². The number of likely N-dealkylation sites (N-methyl/N-ethyl adjacent to an activating group) is 1. The van der Waals surface area contributed by atoms with Gasteiger partial charge in [-0.15, -0.1) is 0 Å². The van der Waals surface area contributed by atoms with Gasteiger partial charge in [0.05, 0.1) is 13.0 Å². The van der Waals surface area contributed by atoms with E-state index in [2.05, 4.69) is 5.32 Å². The lowest BCUT2D eigenvalue weighted by Gasteiger charge is -2.25. The molecule has 0 spiro atoms. The Balaban J connectivity index is 1.69. The van der Waals surface area contributed by atoms with Gasteiger partial charge in [-0.1, -0.05) is 48.5 Å². The van der Waals surface area contributed by atoms with E-state index < -0.39 is 30.4 Å². The molecule has 0 aliphatic heterocycles. The Morgan fingerprint density at radius 1 is 1.06 bits per heavy atom. The standard InChI is InChI=1S/C23H26N2O6/c1-2-25(11-12-26)22(29)20(13-21(27)28)24-23(30)31-14-19-17-9-5-3-7-15(17)16-8-4-6-10-18(16)19/h3-10,19-20,26H,2,11-14H2,1H3,(H,24,30)(H,27,28). The number of carboxylic acids is 1. The molecule has 1 aliphatic carbocycles. The topological polar surface area (TPSA) is 116 Å². The Labute approximate surface area is 180 Å². The molecule has 8 heteroatoms. The molecule has 0 saturated carbocycles. The number of hydrogen-bond donors (Lipinski definition) is 3. The molecule has 164 valence electrons. The maximum atomic E-state index is 12.6. The highest BCUT2D eigenvalue weighted by Crippen LogP contribution is 2.44. The molecule has 2 amide bonds. The highest BCUT2D eigenvalue weighted by Gasteiger charge is 2.31. The molecule has 0 bridgehead atoms. The highest BCUT2D eigenvalue weighted by atomic mass is 16.5. The van der Waals surface area contributed by atoms with Gasteiger partial charge in [0, 0.05) is 19.0 Å². The first-order valence-corrected chi connectivity index (χ1v) is 10.2. The van der Waals surface area contributed by atoms with Gasteiger partial charge in [-0.3, -0.25) is 9.59 Å². The summed E-state index contributed by atoms with van der Waals surface area (Å²) < 4.78 is 5.41. The lowest BCUT2D eigenvalue weighted by molar-refractivity contribution is -0.142. The number of nitrogens with one attached hydrogen (secondary N) is 1. The third kappa shape index (κ3) is 5.03. The molecule has 8 nitrogen and oxygen atoms in total. The van der Waals surface area contributed by atoms with E-state index in [4.69, 9.17) is 14.9 Å². The van der Waals surface area contributed by atoms with Crippen LogP contribution in [0.15, 0.2) is 48.5 Å². The van der Waals surface area contributed by atoms with E-state index in [9.17, 15) is 14.4 Å². The number of rotatable bonds is 9. The van der Waals surface area contributed by atoms with Crippen molar-refractivity contribution in [2.45, 2.75) is 25.3 Å². The molecular weight excluding hydrogens is 400 g/mol. The van der Waals surface area contributed by atoms with Gasteiger partial charge >= 0.3 is 12.1 Å². The summed E-state index contributed by atoms with van der Waals surface area (Å²) in [6.45, 7) is 1.84. The molecule has 0 saturated heterocycles. The van der Waals surface area contributed by atoms with Crippen molar-refractivity contribution < 1.29 is 29.3 Å². The number of carbonyl (C=O) groups excluding carboxylic acids is 2. The molecule has 3 N–H and O–H groups in total. The number of aliphatic hydroxyl groups is 1. The molecule has 3 rings (SSSR count). The molecule has 0 fully saturated rings. The number of carbonyl (C=O) groups is 3. The Morgan fingerprint density at radius 2 is 1.65 bits per heavy atom. The Kier molecular flexibility index (Phi) is 7.25. The molecule has 0 radical (unpaired) electrons. The number of alkyl carbamates (subject to hydrolysis) is 1. The van der Waals surface area contributed by atoms with Crippen LogP contribution in [0.5, 0.6) is 0 Å². The predicted octanol–water partition coefficient (Wildman–Crippen LogP) is 2.21. The third-order valence-corrected chi connectivity index (χ3v) is 5.38. The first-order valence-electron chi connectivity index (χ1n) is 10.2. The smallest absolute Gasteiger partial charge is 0.407 e. The molecule has 31 heavy (non-hydrogen) atoms. The fourth-order valence-electron chi connectivity index (χ4n) is 3.92. The molecule has 1 aliphatic rings. The van der Waals surface area contributed by atoms with E-state index >= 15 is 0 Å². The van der Waals surface area contributed by atoms with Crippen molar-refractivity contribution in [2.24, 2.45) is 0 Å². The minimum absolute atomic E-state index is 0.0534. The minimum Gasteiger partial charge on any atom is -0.481 e. The largest absolute Gasteiger partial charge is 0.481 e. The van der Waals surface area contributed by atoms with Crippen LogP contribution in [0.1, 0.15) is 30.4 Å². The van der Waals surface area contributed by atoms with Crippen molar-refractivity contribution in [1.29, 1.82) is 0 Å². The molecule has 2 aromatic carbocycles. The van der Waals surface area contributed by atoms with Gasteiger partial charge in [-0.25, -0.2) is 4.79 Å². The van der Waals surface area contributed by atoms with Crippen LogP contribution in [0.4, 0.5) is 4.79 Å². The van der Waals surface area contributed by atoms with Crippen LogP contribution in [-0.4, -0.2) is 65.4 Å². The summed E-state index contributed by atoms with van der Waals surface area (Å²) in [6.07, 6.45) is -1.44. The summed E-state index contributed by atoms with van der Waals surface area (Å²) in [5.74, 6) is -1.95. The van der Waals surface area contributed by atoms with Gasteiger partial charge in [0.1, 0.15) is 12.6 Å². The average molecular weight is 426 g/mol. The van der Waals surface area contributed by atoms with Crippen LogP contribution < -0.4 is 5.32 Å². The zero-order valence-corrected chi connectivity index (χ0v) is 17.3. The van der Waals surface area contributed by atoms with Crippen molar-refractivity contribution in [1.82, 2.24) is 10.2 Å². The Morgan fingerprint density at radius 3 is 2.16 bits per heavy atom. The van der Waals surface area contributed by atoms with Crippen LogP contribution in [0.25, 0.3) is 11.1 Å². The zero-order chi connectivity index (χ0) is 22.4. The molecular formula is C23H26N2O6. The van der Waals surface area contributed by atoms with Crippen LogP contribution in [0, 0.1) is 0 Å². The van der Waals surface area contributed by atoms with Crippen molar-refractivity contribution in [3.8, 4) is 11.1 Å². The fourth-order valence-corrected chi connectivity index (χ4v) is 3.92. The van der Waals surface area contributed by atoms with E-state index in [1.165, 1.54) is 4.90 Å². The lowest BCUT2D eigenvalue weighted by Crippen LogP contribution is -2.50. The summed E-state index contributed by atoms with van der Waals surface area (Å²) >= 11 is 0. The molecule has 1 atom stereocenters. The van der Waals surface area contributed by atoms with Gasteiger partial charge in [0.2, 0.25) is 5.91 Å². The van der Waals surface area contributed by atoms with Gasteiger partial charge in [0.25, 0.3) is 0 Å². The van der Waals surface area contributed by atoms with Crippen molar-refractivity contribution in [2.75, 3.05) is 26.3 Å². The summed E-state index contributed by atoms with van der Waals surface area (Å²) in [7, 11) is 0. The number of amides is 2. The predicted molar refractivity (Wildman–Crippen MR) is 114 cm³/mol. The number of nitrogens with zero attached hydrogens (tertiary/aromatic N) is 1. The van der Waals surface area contributed by atoms with E-state index in [-0.39, 0.29) is 32.2 Å². The van der Waals surface area contributed by atoms with E-state index in [0.29, 0.717) is 0 Å². The lowest BCUT2D eigenvalue weighted by atomic mass is 9.98. The number of hydrogen-bond acceptors (Lipinski definition) is 5. The number of carboxylic acid groups (broad SMARTS) is 1. The zero-order valence-electron chi connectivity index (χ0n) is 17.3. The van der Waals surface area contributed by atoms with Gasteiger partial charge < -0.3 is 25.2 Å². The average Bonchev–Trinajstić information content (AvgIpc) is 3.08. The molecule has 1 unspecified atom stereocenters. The maximum absolute atomic E-state index is 12.6. The summed E-state index contributed by atoms with van der Waals surface area (Å²) in [6, 6.07) is 14.5. The SMILES string of the molecule is CCN(CCO)C(=O)C(CC(=O)O)NC(=O)OCC1c2ccccc2-c2ccccc21. The molecule has 2 aromatic rings. The summed E-state index contributed by atoms with van der Waals surface area (Å²) in [5, 5.41) is 20.6. The van der Waals surface area contributed by atoms with E-state index in [0.717, 1.165) is 22.3 Å². The van der Waals surface area contributed by atoms with Crippen molar-refractivity contribution in [3.63, 3.8) is 0 Å². The summed E-state index contributed by atoms with van der Waals surface area (Å²) in [4.78, 5) is 37.5. The second-order valence-corrected chi connectivity index (χ2v) is 7.26. The fraction of sp³-hybridized carbons (Fsp3) is 0.348. The van der Waals surface area contributed by atoms with E-state index in [1.54, 1.807) is 6.92 Å². The third-order valence-electron chi connectivity index (χ3n) is 5.38. The number of aliphatic hydroxyl groups excluding tert-OH is 1. The van der Waals surface area contributed by atoms with E-state index in [1.807, 2.05) is 48.5 Å². The van der Waals surface area contributed by atoms with Gasteiger partial charge in [-0.2, -0.15) is 0 Å². The Bertz CT molecular complexity index is 915. The number of benzene rings is 2. The second kappa shape index (κ2) is 10.1. The molecule has 0 heterocycles. The first kappa shape index (κ1) is 22.3. The highest BCUT2D eigenvalue weighted by molar-refractivity contribution is 5.89. The quantitative estimate of drug-likeness (QED) is 0.566. The van der Waals surface area contributed by atoms with Crippen LogP contribution in [0.3, 0.4) is 0 Å². The maximum Gasteiger partial charge on any atom is 0.407 e. The monoisotopic (exact) mass is 426 g/mol. The van der Waals surface area contributed by atoms with Crippen molar-refractivity contribution >= 4 is 18.0 Å². The Hall–Kier alpha value is -3.39. The molecule has 0 aromatic heterocycles. The van der Waals surface area contributed by atoms with Crippen LogP contribution in [0.2, 0.25) is 0 Å². The summed E-state index contributed by atoms with van der Waals surface area (Å²) in [5.41, 5.74) is 4.28. The van der Waals surface area contributed by atoms with Gasteiger partial charge in [-0.05, 0) is 29.2 Å². The normalized spacial score (nSPS) is 13.1.